The topological polar surface area (TPSA) is 82.6 Å². The highest BCUT2D eigenvalue weighted by Crippen LogP contribution is 2.17. The van der Waals surface area contributed by atoms with Crippen LogP contribution in [0, 0.1) is 6.92 Å². The Balaban J connectivity index is 1.54. The third-order valence-corrected chi connectivity index (χ3v) is 6.23. The molecule has 1 fully saturated rings. The number of piperazine rings is 1. The van der Waals surface area contributed by atoms with Crippen molar-refractivity contribution >= 4 is 33.2 Å². The van der Waals surface area contributed by atoms with Crippen LogP contribution in [0.4, 0.5) is 5.69 Å². The van der Waals surface area contributed by atoms with Gasteiger partial charge in [-0.3, -0.25) is 4.79 Å². The van der Waals surface area contributed by atoms with Crippen LogP contribution < -0.4 is 9.62 Å². The molecular weight excluding hydrogens is 388 g/mol. The molecule has 9 heteroatoms. The average molecular weight is 409 g/mol. The normalized spacial score (nSPS) is 15.0. The number of amides is 1. The number of halogens is 1. The molecule has 7 nitrogen and oxygen atoms in total. The van der Waals surface area contributed by atoms with Gasteiger partial charge in [0.25, 0.3) is 0 Å². The fourth-order valence-electron chi connectivity index (χ4n) is 2.88. The summed E-state index contributed by atoms with van der Waals surface area (Å²) >= 11 is 5.82. The highest BCUT2D eigenvalue weighted by atomic mass is 35.5. The Morgan fingerprint density at radius 2 is 1.85 bits per heavy atom. The van der Waals surface area contributed by atoms with E-state index in [9.17, 15) is 13.2 Å². The van der Waals surface area contributed by atoms with Crippen molar-refractivity contribution in [2.24, 2.45) is 0 Å². The van der Waals surface area contributed by atoms with Gasteiger partial charge in [0, 0.05) is 38.1 Å². The van der Waals surface area contributed by atoms with Crippen molar-refractivity contribution in [1.82, 2.24) is 14.6 Å². The molecule has 1 saturated heterocycles. The molecule has 0 spiro atoms. The van der Waals surface area contributed by atoms with Gasteiger partial charge >= 0.3 is 0 Å². The molecule has 3 rings (SSSR count). The van der Waals surface area contributed by atoms with Gasteiger partial charge in [-0.15, -0.1) is 0 Å². The van der Waals surface area contributed by atoms with E-state index < -0.39 is 10.0 Å². The van der Waals surface area contributed by atoms with Crippen molar-refractivity contribution in [2.75, 3.05) is 37.6 Å². The smallest absolute Gasteiger partial charge is 0.242 e. The van der Waals surface area contributed by atoms with Crippen molar-refractivity contribution in [2.45, 2.75) is 11.8 Å². The molecule has 2 aromatic rings. The molecule has 1 amide bonds. The van der Waals surface area contributed by atoms with Gasteiger partial charge in [-0.05, 0) is 30.7 Å². The maximum atomic E-state index is 12.4. The lowest BCUT2D eigenvalue weighted by Gasteiger charge is -2.36. The molecule has 144 valence electrons. The van der Waals surface area contributed by atoms with Crippen molar-refractivity contribution in [3.63, 3.8) is 0 Å². The summed E-state index contributed by atoms with van der Waals surface area (Å²) in [6.07, 6.45) is 1.18. The largest absolute Gasteiger partial charge is 0.368 e. The van der Waals surface area contributed by atoms with Crippen LogP contribution in [0.25, 0.3) is 0 Å². The molecule has 0 atom stereocenters. The van der Waals surface area contributed by atoms with E-state index in [4.69, 9.17) is 11.6 Å². The Bertz CT molecular complexity index is 913. The number of carbonyl (C=O) groups excluding carboxylic acids is 1. The van der Waals surface area contributed by atoms with Crippen LogP contribution in [-0.2, 0) is 14.8 Å². The molecule has 2 heterocycles. The number of nitrogens with one attached hydrogen (secondary N) is 1. The van der Waals surface area contributed by atoms with Gasteiger partial charge < -0.3 is 9.80 Å². The SMILES string of the molecule is Cc1cc(S(=O)(=O)NCC(=O)N2CCN(c3ccccc3)CC2)cnc1Cl. The number of carbonyl (C=O) groups is 1. The predicted molar refractivity (Wildman–Crippen MR) is 104 cm³/mol. The minimum absolute atomic E-state index is 0.00824. The van der Waals surface area contributed by atoms with E-state index in [0.29, 0.717) is 31.7 Å². The molecule has 1 aromatic carbocycles. The fourth-order valence-corrected chi connectivity index (χ4v) is 3.99. The van der Waals surface area contributed by atoms with Gasteiger partial charge in [0.2, 0.25) is 15.9 Å². The predicted octanol–water partition coefficient (Wildman–Crippen LogP) is 1.67. The van der Waals surface area contributed by atoms with E-state index >= 15 is 0 Å². The molecule has 0 bridgehead atoms. The second kappa shape index (κ2) is 8.24. The van der Waals surface area contributed by atoms with Crippen LogP contribution in [0.1, 0.15) is 5.56 Å². The van der Waals surface area contributed by atoms with Crippen molar-refractivity contribution < 1.29 is 13.2 Å². The summed E-state index contributed by atoms with van der Waals surface area (Å²) in [5.41, 5.74) is 1.68. The summed E-state index contributed by atoms with van der Waals surface area (Å²) in [6, 6.07) is 11.4. The number of aryl methyl sites for hydroxylation is 1. The highest BCUT2D eigenvalue weighted by molar-refractivity contribution is 7.89. The highest BCUT2D eigenvalue weighted by Gasteiger charge is 2.23. The van der Waals surface area contributed by atoms with Gasteiger partial charge in [0.05, 0.1) is 6.54 Å². The Labute approximate surface area is 164 Å². The lowest BCUT2D eigenvalue weighted by Crippen LogP contribution is -2.51. The maximum absolute atomic E-state index is 12.4. The van der Waals surface area contributed by atoms with Gasteiger partial charge in [0.1, 0.15) is 10.0 Å². The third kappa shape index (κ3) is 4.77. The Morgan fingerprint density at radius 1 is 1.19 bits per heavy atom. The maximum Gasteiger partial charge on any atom is 0.242 e. The zero-order chi connectivity index (χ0) is 19.4. The minimum Gasteiger partial charge on any atom is -0.368 e. The zero-order valence-corrected chi connectivity index (χ0v) is 16.5. The summed E-state index contributed by atoms with van der Waals surface area (Å²) in [7, 11) is -3.82. The molecule has 1 aromatic heterocycles. The summed E-state index contributed by atoms with van der Waals surface area (Å²) < 4.78 is 27.0. The van der Waals surface area contributed by atoms with Gasteiger partial charge in [-0.25, -0.2) is 18.1 Å². The van der Waals surface area contributed by atoms with Gasteiger partial charge in [-0.1, -0.05) is 29.8 Å². The van der Waals surface area contributed by atoms with Crippen LogP contribution >= 0.6 is 11.6 Å². The van der Waals surface area contributed by atoms with Crippen molar-refractivity contribution in [3.8, 4) is 0 Å². The molecular formula is C18H21ClN4O3S. The molecule has 27 heavy (non-hydrogen) atoms. The Hall–Kier alpha value is -2.16. The summed E-state index contributed by atoms with van der Waals surface area (Å²) in [4.78, 5) is 20.1. The molecule has 0 saturated carbocycles. The number of rotatable bonds is 5. The minimum atomic E-state index is -3.82. The molecule has 1 N–H and O–H groups in total. The molecule has 0 radical (unpaired) electrons. The van der Waals surface area contributed by atoms with E-state index in [2.05, 4.69) is 14.6 Å². The number of hydrogen-bond acceptors (Lipinski definition) is 5. The van der Waals surface area contributed by atoms with Crippen LogP contribution in [0.15, 0.2) is 47.5 Å². The second-order valence-electron chi connectivity index (χ2n) is 6.31. The monoisotopic (exact) mass is 408 g/mol. The first-order valence-electron chi connectivity index (χ1n) is 8.56. The van der Waals surface area contributed by atoms with E-state index in [1.807, 2.05) is 30.3 Å². The average Bonchev–Trinajstić information content (AvgIpc) is 2.69. The molecule has 0 aliphatic carbocycles. The standard InChI is InChI=1S/C18H21ClN4O3S/c1-14-11-16(12-20-18(14)19)27(25,26)21-13-17(24)23-9-7-22(8-10-23)15-5-3-2-4-6-15/h2-6,11-12,21H,7-10,13H2,1H3. The van der Waals surface area contributed by atoms with E-state index in [1.54, 1.807) is 11.8 Å². The van der Waals surface area contributed by atoms with Crippen LogP contribution in [-0.4, -0.2) is 56.9 Å². The first-order chi connectivity index (χ1) is 12.9. The number of hydrogen-bond donors (Lipinski definition) is 1. The number of aromatic nitrogens is 1. The van der Waals surface area contributed by atoms with Crippen LogP contribution in [0.2, 0.25) is 5.15 Å². The number of nitrogens with zero attached hydrogens (tertiary/aromatic N) is 3. The first kappa shape index (κ1) is 19.6. The van der Waals surface area contributed by atoms with Gasteiger partial charge in [0.15, 0.2) is 0 Å². The quantitative estimate of drug-likeness (QED) is 0.761. The fraction of sp³-hybridized carbons (Fsp3) is 0.333. The molecule has 0 unspecified atom stereocenters. The summed E-state index contributed by atoms with van der Waals surface area (Å²) in [6.45, 7) is 3.92. The first-order valence-corrected chi connectivity index (χ1v) is 10.4. The molecule has 1 aliphatic heterocycles. The zero-order valence-electron chi connectivity index (χ0n) is 14.9. The summed E-state index contributed by atoms with van der Waals surface area (Å²) in [5, 5.41) is 0.251. The Morgan fingerprint density at radius 3 is 2.48 bits per heavy atom. The number of pyridine rings is 1. The van der Waals surface area contributed by atoms with Crippen LogP contribution in [0.3, 0.4) is 0 Å². The van der Waals surface area contributed by atoms with Crippen LogP contribution in [0.5, 0.6) is 0 Å². The second-order valence-corrected chi connectivity index (χ2v) is 8.43. The number of anilines is 1. The van der Waals surface area contributed by atoms with Crippen molar-refractivity contribution in [3.05, 3.63) is 53.3 Å². The van der Waals surface area contributed by atoms with E-state index in [-0.39, 0.29) is 22.5 Å². The molecule has 1 aliphatic rings. The Kier molecular flexibility index (Phi) is 5.98. The van der Waals surface area contributed by atoms with Crippen molar-refractivity contribution in [1.29, 1.82) is 0 Å². The lowest BCUT2D eigenvalue weighted by atomic mass is 10.2. The number of benzene rings is 1. The van der Waals surface area contributed by atoms with E-state index in [1.165, 1.54) is 12.3 Å². The number of para-hydroxylation sites is 1. The summed E-state index contributed by atoms with van der Waals surface area (Å²) in [5.74, 6) is -0.245. The van der Waals surface area contributed by atoms with E-state index in [0.717, 1.165) is 5.69 Å². The third-order valence-electron chi connectivity index (χ3n) is 4.47. The lowest BCUT2D eigenvalue weighted by molar-refractivity contribution is -0.130. The van der Waals surface area contributed by atoms with Gasteiger partial charge in [-0.2, -0.15) is 0 Å². The number of sulfonamides is 1.